The molecule has 0 aliphatic carbocycles. The van der Waals surface area contributed by atoms with Crippen molar-refractivity contribution in [3.63, 3.8) is 0 Å². The third-order valence-corrected chi connectivity index (χ3v) is 2.11. The van der Waals surface area contributed by atoms with Gasteiger partial charge in [0.25, 0.3) is 0 Å². The largest absolute Gasteiger partial charge is 0.342 e. The van der Waals surface area contributed by atoms with Gasteiger partial charge in [0.15, 0.2) is 0 Å². The van der Waals surface area contributed by atoms with Crippen molar-refractivity contribution in [2.75, 3.05) is 19.0 Å². The van der Waals surface area contributed by atoms with Gasteiger partial charge in [0.1, 0.15) is 0 Å². The van der Waals surface area contributed by atoms with Crippen LogP contribution in [0.3, 0.4) is 0 Å². The highest BCUT2D eigenvalue weighted by Crippen LogP contribution is 2.02. The summed E-state index contributed by atoms with van der Waals surface area (Å²) >= 11 is 5.62. The van der Waals surface area contributed by atoms with Crippen molar-refractivity contribution in [2.24, 2.45) is 0 Å². The van der Waals surface area contributed by atoms with Crippen LogP contribution in [-0.2, 0) is 4.79 Å². The van der Waals surface area contributed by atoms with Crippen LogP contribution in [0.15, 0.2) is 0 Å². The Balaban J connectivity index is 3.80. The first kappa shape index (κ1) is 12.8. The minimum Gasteiger partial charge on any atom is -0.342 e. The summed E-state index contributed by atoms with van der Waals surface area (Å²) in [7, 11) is 0. The molecule has 0 saturated carbocycles. The second-order valence-corrected chi connectivity index (χ2v) is 3.55. The summed E-state index contributed by atoms with van der Waals surface area (Å²) in [5, 5.41) is 0. The Labute approximate surface area is 86.2 Å². The summed E-state index contributed by atoms with van der Waals surface area (Å²) in [6, 6.07) is 0. The number of nitrogens with zero attached hydrogens (tertiary/aromatic N) is 1. The van der Waals surface area contributed by atoms with E-state index in [-0.39, 0.29) is 5.91 Å². The molecule has 0 aliphatic heterocycles. The van der Waals surface area contributed by atoms with Crippen LogP contribution in [0.5, 0.6) is 0 Å². The third kappa shape index (κ3) is 5.92. The van der Waals surface area contributed by atoms with Crippen molar-refractivity contribution in [1.29, 1.82) is 0 Å². The first-order chi connectivity index (χ1) is 6.26. The minimum absolute atomic E-state index is 0.254. The molecule has 0 atom stereocenters. The van der Waals surface area contributed by atoms with Crippen LogP contribution in [0.2, 0.25) is 0 Å². The van der Waals surface area contributed by atoms with E-state index in [1.807, 2.05) is 4.90 Å². The molecule has 0 aromatic carbocycles. The van der Waals surface area contributed by atoms with Gasteiger partial charge >= 0.3 is 0 Å². The first-order valence-corrected chi connectivity index (χ1v) is 5.63. The summed E-state index contributed by atoms with van der Waals surface area (Å²) < 4.78 is 0. The Hall–Kier alpha value is -0.240. The Morgan fingerprint density at radius 1 is 1.23 bits per heavy atom. The summed E-state index contributed by atoms with van der Waals surface area (Å²) in [6.45, 7) is 5.71. The fraction of sp³-hybridized carbons (Fsp3) is 0.900. The fourth-order valence-corrected chi connectivity index (χ4v) is 1.42. The molecule has 0 radical (unpaired) electrons. The Morgan fingerprint density at radius 3 is 2.38 bits per heavy atom. The van der Waals surface area contributed by atoms with Crippen molar-refractivity contribution in [2.45, 2.75) is 39.5 Å². The molecule has 0 N–H and O–H groups in total. The summed E-state index contributed by atoms with van der Waals surface area (Å²) in [5.74, 6) is 0.794. The zero-order chi connectivity index (χ0) is 10.1. The number of carbonyl (C=O) groups is 1. The van der Waals surface area contributed by atoms with E-state index >= 15 is 0 Å². The zero-order valence-corrected chi connectivity index (χ0v) is 9.44. The maximum absolute atomic E-state index is 11.5. The lowest BCUT2D eigenvalue weighted by molar-refractivity contribution is -0.131. The van der Waals surface area contributed by atoms with Crippen molar-refractivity contribution < 1.29 is 4.79 Å². The van der Waals surface area contributed by atoms with E-state index < -0.39 is 0 Å². The number of rotatable bonds is 7. The normalized spacial score (nSPS) is 10.1. The van der Waals surface area contributed by atoms with Gasteiger partial charge in [0.05, 0.1) is 0 Å². The predicted molar refractivity (Wildman–Crippen MR) is 57.1 cm³/mol. The molecule has 13 heavy (non-hydrogen) atoms. The van der Waals surface area contributed by atoms with Crippen molar-refractivity contribution >= 4 is 17.5 Å². The topological polar surface area (TPSA) is 20.3 Å². The highest BCUT2D eigenvalue weighted by atomic mass is 35.5. The second-order valence-electron chi connectivity index (χ2n) is 3.17. The number of halogens is 1. The molecule has 0 saturated heterocycles. The van der Waals surface area contributed by atoms with Crippen LogP contribution in [0.25, 0.3) is 0 Å². The summed E-state index contributed by atoms with van der Waals surface area (Å²) in [6.07, 6.45) is 3.75. The van der Waals surface area contributed by atoms with Gasteiger partial charge < -0.3 is 4.90 Å². The van der Waals surface area contributed by atoms with Gasteiger partial charge in [-0.15, -0.1) is 11.6 Å². The second kappa shape index (κ2) is 8.36. The number of hydrogen-bond donors (Lipinski definition) is 0. The molecule has 0 aliphatic rings. The lowest BCUT2D eigenvalue weighted by Crippen LogP contribution is -2.33. The van der Waals surface area contributed by atoms with Gasteiger partial charge in [-0.2, -0.15) is 0 Å². The van der Waals surface area contributed by atoms with Crippen LogP contribution in [0.1, 0.15) is 39.5 Å². The maximum atomic E-state index is 11.5. The van der Waals surface area contributed by atoms with Gasteiger partial charge in [0.2, 0.25) is 5.91 Å². The molecule has 0 spiro atoms. The highest BCUT2D eigenvalue weighted by molar-refractivity contribution is 6.18. The molecule has 3 heteroatoms. The lowest BCUT2D eigenvalue weighted by atomic mass is 10.2. The van der Waals surface area contributed by atoms with Gasteiger partial charge in [0, 0.05) is 25.4 Å². The average Bonchev–Trinajstić information content (AvgIpc) is 2.14. The first-order valence-electron chi connectivity index (χ1n) is 5.10. The maximum Gasteiger partial charge on any atom is 0.222 e. The Kier molecular flexibility index (Phi) is 8.21. The highest BCUT2D eigenvalue weighted by Gasteiger charge is 2.10. The third-order valence-electron chi connectivity index (χ3n) is 1.94. The molecule has 1 amide bonds. The fourth-order valence-electron chi connectivity index (χ4n) is 1.22. The molecule has 0 fully saturated rings. The van der Waals surface area contributed by atoms with E-state index in [1.165, 1.54) is 0 Å². The number of hydrogen-bond acceptors (Lipinski definition) is 1. The molecule has 0 aromatic rings. The minimum atomic E-state index is 0.254. The van der Waals surface area contributed by atoms with Crippen molar-refractivity contribution in [3.8, 4) is 0 Å². The lowest BCUT2D eigenvalue weighted by Gasteiger charge is -2.20. The van der Waals surface area contributed by atoms with E-state index in [0.29, 0.717) is 18.8 Å². The van der Waals surface area contributed by atoms with E-state index in [4.69, 9.17) is 11.6 Å². The summed E-state index contributed by atoms with van der Waals surface area (Å²) in [4.78, 5) is 13.4. The SMILES string of the molecule is CCCCC(=O)N(CCC)CCCl. The Morgan fingerprint density at radius 2 is 1.92 bits per heavy atom. The molecule has 0 bridgehead atoms. The van der Waals surface area contributed by atoms with E-state index in [0.717, 1.165) is 25.8 Å². The molecule has 2 nitrogen and oxygen atoms in total. The molecule has 0 unspecified atom stereocenters. The van der Waals surface area contributed by atoms with Crippen LogP contribution >= 0.6 is 11.6 Å². The van der Waals surface area contributed by atoms with Crippen molar-refractivity contribution in [1.82, 2.24) is 4.90 Å². The standard InChI is InChI=1S/C10H20ClNO/c1-3-5-6-10(13)12(8-4-2)9-7-11/h3-9H2,1-2H3. The van der Waals surface area contributed by atoms with Gasteiger partial charge in [-0.05, 0) is 12.8 Å². The molecule has 78 valence electrons. The van der Waals surface area contributed by atoms with Gasteiger partial charge in [-0.3, -0.25) is 4.79 Å². The number of carbonyl (C=O) groups excluding carboxylic acids is 1. The molecule has 0 rings (SSSR count). The summed E-state index contributed by atoms with van der Waals surface area (Å²) in [5.41, 5.74) is 0. The van der Waals surface area contributed by atoms with E-state index in [1.54, 1.807) is 0 Å². The van der Waals surface area contributed by atoms with Crippen LogP contribution < -0.4 is 0 Å². The van der Waals surface area contributed by atoms with E-state index in [2.05, 4.69) is 13.8 Å². The van der Waals surface area contributed by atoms with Crippen molar-refractivity contribution in [3.05, 3.63) is 0 Å². The van der Waals surface area contributed by atoms with Crippen LogP contribution in [0.4, 0.5) is 0 Å². The predicted octanol–water partition coefficient (Wildman–Crippen LogP) is 2.65. The molecular formula is C10H20ClNO. The van der Waals surface area contributed by atoms with Gasteiger partial charge in [-0.25, -0.2) is 0 Å². The molecular weight excluding hydrogens is 186 g/mol. The molecule has 0 heterocycles. The van der Waals surface area contributed by atoms with Crippen LogP contribution in [-0.4, -0.2) is 29.8 Å². The molecule has 0 aromatic heterocycles. The quantitative estimate of drug-likeness (QED) is 0.586. The zero-order valence-electron chi connectivity index (χ0n) is 8.68. The number of amides is 1. The smallest absolute Gasteiger partial charge is 0.222 e. The van der Waals surface area contributed by atoms with E-state index in [9.17, 15) is 4.79 Å². The number of alkyl halides is 1. The Bertz CT molecular complexity index is 133. The van der Waals surface area contributed by atoms with Gasteiger partial charge in [-0.1, -0.05) is 20.3 Å². The average molecular weight is 206 g/mol. The van der Waals surface area contributed by atoms with Crippen LogP contribution in [0, 0.1) is 0 Å². The monoisotopic (exact) mass is 205 g/mol. The number of unbranched alkanes of at least 4 members (excludes halogenated alkanes) is 1.